The molecule has 0 aliphatic rings. The largest absolute Gasteiger partial charge is 0.494 e. The van der Waals surface area contributed by atoms with Crippen LogP contribution in [0.4, 0.5) is 23.0 Å². The Hall–Kier alpha value is -4.45. The minimum atomic E-state index is -0.398. The topological polar surface area (TPSA) is 124 Å². The molecule has 0 unspecified atom stereocenters. The number of hydrogen-bond donors (Lipinski definition) is 1. The number of benzene rings is 2. The summed E-state index contributed by atoms with van der Waals surface area (Å²) in [6, 6.07) is 11.5. The van der Waals surface area contributed by atoms with Crippen LogP contribution in [-0.2, 0) is 0 Å². The first kappa shape index (κ1) is 27.6. The molecule has 4 rings (SSSR count). The molecule has 2 heterocycles. The van der Waals surface area contributed by atoms with Crippen molar-refractivity contribution in [2.24, 2.45) is 0 Å². The summed E-state index contributed by atoms with van der Waals surface area (Å²) in [5.41, 5.74) is 4.11. The zero-order valence-electron chi connectivity index (χ0n) is 23.3. The Bertz CT molecular complexity index is 1480. The molecule has 0 aliphatic heterocycles. The molecule has 2 aromatic heterocycles. The molecule has 0 atom stereocenters. The summed E-state index contributed by atoms with van der Waals surface area (Å²) in [5, 5.41) is 15.1. The van der Waals surface area contributed by atoms with Gasteiger partial charge in [-0.1, -0.05) is 6.07 Å². The zero-order valence-corrected chi connectivity index (χ0v) is 23.3. The maximum absolute atomic E-state index is 12.0. The second-order valence-electron chi connectivity index (χ2n) is 9.68. The van der Waals surface area contributed by atoms with Gasteiger partial charge >= 0.3 is 0 Å². The number of ether oxygens (including phenoxy) is 2. The first-order valence-corrected chi connectivity index (χ1v) is 12.5. The third-order valence-electron chi connectivity index (χ3n) is 6.34. The van der Waals surface area contributed by atoms with Gasteiger partial charge in [-0.05, 0) is 46.1 Å². The van der Waals surface area contributed by atoms with Gasteiger partial charge in [-0.3, -0.25) is 14.7 Å². The van der Waals surface area contributed by atoms with Gasteiger partial charge in [0.05, 0.1) is 41.6 Å². The Kier molecular flexibility index (Phi) is 8.15. The lowest BCUT2D eigenvalue weighted by Gasteiger charge is -2.22. The highest BCUT2D eigenvalue weighted by Gasteiger charge is 2.22. The molecule has 12 nitrogen and oxygen atoms in total. The maximum Gasteiger partial charge on any atom is 0.297 e. The summed E-state index contributed by atoms with van der Waals surface area (Å²) in [5.74, 6) is 0.722. The highest BCUT2D eigenvalue weighted by molar-refractivity contribution is 5.83. The second kappa shape index (κ2) is 11.5. The average Bonchev–Trinajstić information content (AvgIpc) is 3.29. The van der Waals surface area contributed by atoms with Crippen molar-refractivity contribution in [3.05, 3.63) is 52.7 Å². The number of anilines is 3. The fourth-order valence-corrected chi connectivity index (χ4v) is 4.32. The number of aromatic nitrogens is 4. The van der Waals surface area contributed by atoms with E-state index in [1.165, 1.54) is 13.2 Å². The SMILES string of the molecule is COc1cc(N(C)CCN(C)C)c([N+](=O)[O-])cc1Nc1nccc(-c2ccc3nc(OC)n(C(C)C)c3c2)n1. The summed E-state index contributed by atoms with van der Waals surface area (Å²) in [4.78, 5) is 29.0. The minimum absolute atomic E-state index is 0.0444. The van der Waals surface area contributed by atoms with E-state index in [-0.39, 0.29) is 17.7 Å². The van der Waals surface area contributed by atoms with Crippen LogP contribution in [0.1, 0.15) is 19.9 Å². The van der Waals surface area contributed by atoms with Gasteiger partial charge in [-0.25, -0.2) is 9.97 Å². The van der Waals surface area contributed by atoms with Crippen LogP contribution in [0.5, 0.6) is 11.8 Å². The molecule has 1 N–H and O–H groups in total. The molecule has 4 aromatic rings. The van der Waals surface area contributed by atoms with Gasteiger partial charge in [-0.15, -0.1) is 0 Å². The fourth-order valence-electron chi connectivity index (χ4n) is 4.32. The van der Waals surface area contributed by atoms with E-state index in [9.17, 15) is 10.1 Å². The highest BCUT2D eigenvalue weighted by Crippen LogP contribution is 2.39. The van der Waals surface area contributed by atoms with Crippen LogP contribution in [0.3, 0.4) is 0 Å². The fraction of sp³-hybridized carbons (Fsp3) is 0.370. The number of methoxy groups -OCH3 is 2. The van der Waals surface area contributed by atoms with E-state index in [0.29, 0.717) is 35.4 Å². The first-order valence-electron chi connectivity index (χ1n) is 12.5. The van der Waals surface area contributed by atoms with Crippen molar-refractivity contribution in [3.8, 4) is 23.0 Å². The van der Waals surface area contributed by atoms with E-state index in [1.54, 1.807) is 19.4 Å². The van der Waals surface area contributed by atoms with Gasteiger partial charge in [0, 0.05) is 50.1 Å². The van der Waals surface area contributed by atoms with Crippen molar-refractivity contribution in [2.75, 3.05) is 58.7 Å². The highest BCUT2D eigenvalue weighted by atomic mass is 16.6. The third kappa shape index (κ3) is 5.85. The number of nitro groups is 1. The van der Waals surface area contributed by atoms with Crippen LogP contribution in [0, 0.1) is 10.1 Å². The molecule has 0 radical (unpaired) electrons. The Balaban J connectivity index is 1.69. The molecule has 206 valence electrons. The van der Waals surface area contributed by atoms with Crippen LogP contribution in [-0.4, -0.2) is 77.8 Å². The molecule has 0 saturated heterocycles. The van der Waals surface area contributed by atoms with E-state index in [0.717, 1.165) is 23.1 Å². The van der Waals surface area contributed by atoms with Gasteiger partial charge in [0.1, 0.15) is 11.4 Å². The Morgan fingerprint density at radius 1 is 1.05 bits per heavy atom. The molecule has 0 bridgehead atoms. The van der Waals surface area contributed by atoms with Crippen LogP contribution in [0.15, 0.2) is 42.6 Å². The lowest BCUT2D eigenvalue weighted by molar-refractivity contribution is -0.384. The minimum Gasteiger partial charge on any atom is -0.494 e. The first-order chi connectivity index (χ1) is 18.6. The number of likely N-dealkylation sites (N-methyl/N-ethyl adjacent to an activating group) is 2. The van der Waals surface area contributed by atoms with Crippen molar-refractivity contribution < 1.29 is 14.4 Å². The number of nitrogens with one attached hydrogen (secondary N) is 1. The predicted molar refractivity (Wildman–Crippen MR) is 152 cm³/mol. The zero-order chi connectivity index (χ0) is 28.3. The molecule has 12 heteroatoms. The molecule has 0 amide bonds. The number of imidazole rings is 1. The molecule has 0 saturated carbocycles. The predicted octanol–water partition coefficient (Wildman–Crippen LogP) is 4.74. The molecule has 39 heavy (non-hydrogen) atoms. The number of nitrogens with zero attached hydrogens (tertiary/aromatic N) is 7. The molecular weight excluding hydrogens is 500 g/mol. The van der Waals surface area contributed by atoms with Gasteiger partial charge < -0.3 is 24.6 Å². The van der Waals surface area contributed by atoms with Crippen molar-refractivity contribution in [2.45, 2.75) is 19.9 Å². The Morgan fingerprint density at radius 2 is 1.82 bits per heavy atom. The molecule has 0 spiro atoms. The summed E-state index contributed by atoms with van der Waals surface area (Å²) < 4.78 is 13.1. The normalized spacial score (nSPS) is 11.3. The van der Waals surface area contributed by atoms with E-state index >= 15 is 0 Å². The van der Waals surface area contributed by atoms with E-state index in [1.807, 2.05) is 59.8 Å². The smallest absolute Gasteiger partial charge is 0.297 e. The summed E-state index contributed by atoms with van der Waals surface area (Å²) >= 11 is 0. The number of nitro benzene ring substituents is 1. The van der Waals surface area contributed by atoms with Gasteiger partial charge in [0.2, 0.25) is 5.95 Å². The monoisotopic (exact) mass is 534 g/mol. The maximum atomic E-state index is 12.0. The molecule has 0 fully saturated rings. The van der Waals surface area contributed by atoms with Crippen molar-refractivity contribution in [1.29, 1.82) is 0 Å². The summed E-state index contributed by atoms with van der Waals surface area (Å²) in [7, 11) is 8.86. The van der Waals surface area contributed by atoms with Crippen molar-refractivity contribution in [3.63, 3.8) is 0 Å². The summed E-state index contributed by atoms with van der Waals surface area (Å²) in [6.45, 7) is 5.50. The van der Waals surface area contributed by atoms with Crippen molar-refractivity contribution in [1.82, 2.24) is 24.4 Å². The lowest BCUT2D eigenvalue weighted by atomic mass is 10.1. The lowest BCUT2D eigenvalue weighted by Crippen LogP contribution is -2.28. The van der Waals surface area contributed by atoms with Crippen LogP contribution in [0.25, 0.3) is 22.3 Å². The van der Waals surface area contributed by atoms with Gasteiger partial charge in [0.25, 0.3) is 11.7 Å². The number of hydrogen-bond acceptors (Lipinski definition) is 10. The average molecular weight is 535 g/mol. The quantitative estimate of drug-likeness (QED) is 0.213. The standard InChI is InChI=1S/C27H34N8O4/c1-17(2)34-22-14-18(8-9-20(22)31-27(34)39-7)19-10-11-28-26(29-19)30-21-15-24(35(36)37)23(16-25(21)38-6)33(5)13-12-32(3)4/h8-11,14-17H,12-13H2,1-7H3,(H,28,29,30). The molecule has 0 aliphatic carbocycles. The summed E-state index contributed by atoms with van der Waals surface area (Å²) in [6.07, 6.45) is 1.64. The van der Waals surface area contributed by atoms with Crippen LogP contribution in [0.2, 0.25) is 0 Å². The Morgan fingerprint density at radius 3 is 2.46 bits per heavy atom. The van der Waals surface area contributed by atoms with E-state index in [2.05, 4.69) is 34.1 Å². The van der Waals surface area contributed by atoms with Crippen LogP contribution < -0.4 is 19.7 Å². The van der Waals surface area contributed by atoms with Crippen molar-refractivity contribution >= 4 is 34.0 Å². The Labute approximate surface area is 227 Å². The van der Waals surface area contributed by atoms with E-state index < -0.39 is 4.92 Å². The number of rotatable bonds is 11. The number of fused-ring (bicyclic) bond motifs is 1. The third-order valence-corrected chi connectivity index (χ3v) is 6.34. The van der Waals surface area contributed by atoms with E-state index in [4.69, 9.17) is 9.47 Å². The van der Waals surface area contributed by atoms with Gasteiger partial charge in [-0.2, -0.15) is 4.98 Å². The van der Waals surface area contributed by atoms with Crippen LogP contribution >= 0.6 is 0 Å². The second-order valence-corrected chi connectivity index (χ2v) is 9.68. The molecule has 2 aromatic carbocycles. The molecular formula is C27H34N8O4. The van der Waals surface area contributed by atoms with Gasteiger partial charge in [0.15, 0.2) is 0 Å².